The number of halogens is 1. The van der Waals surface area contributed by atoms with E-state index >= 15 is 0 Å². The van der Waals surface area contributed by atoms with Crippen molar-refractivity contribution < 1.29 is 19.1 Å². The average Bonchev–Trinajstić information content (AvgIpc) is 2.80. The van der Waals surface area contributed by atoms with Gasteiger partial charge in [0, 0.05) is 32.5 Å². The summed E-state index contributed by atoms with van der Waals surface area (Å²) < 4.78 is 10.7. The molecule has 1 amide bonds. The van der Waals surface area contributed by atoms with Gasteiger partial charge in [0.1, 0.15) is 5.75 Å². The smallest absolute Gasteiger partial charge is 0.338 e. The molecule has 0 heterocycles. The van der Waals surface area contributed by atoms with Crippen molar-refractivity contribution in [2.45, 2.75) is 24.5 Å². The SMILES string of the molecule is CCOC(=O)c1ccc(NC(=O)c2ccc(OCC)c(CSc3ccc(Cl)cc3)c2)cc1. The number of benzene rings is 3. The van der Waals surface area contributed by atoms with Gasteiger partial charge in [-0.05, 0) is 80.6 Å². The number of amides is 1. The maximum atomic E-state index is 12.8. The van der Waals surface area contributed by atoms with Crippen LogP contribution in [0.2, 0.25) is 5.02 Å². The van der Waals surface area contributed by atoms with Crippen LogP contribution in [0.4, 0.5) is 5.69 Å². The molecule has 3 aromatic rings. The number of rotatable bonds is 9. The van der Waals surface area contributed by atoms with Crippen molar-refractivity contribution in [2.75, 3.05) is 18.5 Å². The highest BCUT2D eigenvalue weighted by molar-refractivity contribution is 7.98. The molecule has 0 aliphatic heterocycles. The van der Waals surface area contributed by atoms with Crippen LogP contribution in [-0.2, 0) is 10.5 Å². The van der Waals surface area contributed by atoms with Gasteiger partial charge in [-0.2, -0.15) is 0 Å². The minimum absolute atomic E-state index is 0.241. The third-order valence-corrected chi connectivity index (χ3v) is 5.80. The topological polar surface area (TPSA) is 64.6 Å². The van der Waals surface area contributed by atoms with E-state index in [0.29, 0.717) is 40.8 Å². The second-order valence-electron chi connectivity index (χ2n) is 6.75. The van der Waals surface area contributed by atoms with Crippen LogP contribution in [0.1, 0.15) is 40.1 Å². The highest BCUT2D eigenvalue weighted by atomic mass is 35.5. The Morgan fingerprint density at radius 3 is 2.25 bits per heavy atom. The monoisotopic (exact) mass is 469 g/mol. The zero-order chi connectivity index (χ0) is 22.9. The van der Waals surface area contributed by atoms with Gasteiger partial charge in [0.05, 0.1) is 18.8 Å². The van der Waals surface area contributed by atoms with Gasteiger partial charge < -0.3 is 14.8 Å². The second kappa shape index (κ2) is 11.6. The van der Waals surface area contributed by atoms with Gasteiger partial charge in [0.25, 0.3) is 5.91 Å². The molecule has 0 saturated heterocycles. The van der Waals surface area contributed by atoms with Crippen LogP contribution in [0.25, 0.3) is 0 Å². The molecule has 7 heteroatoms. The molecule has 5 nitrogen and oxygen atoms in total. The van der Waals surface area contributed by atoms with Crippen LogP contribution in [0.3, 0.4) is 0 Å². The van der Waals surface area contributed by atoms with E-state index in [1.165, 1.54) is 0 Å². The molecule has 166 valence electrons. The number of carbonyl (C=O) groups is 2. The fourth-order valence-corrected chi connectivity index (χ4v) is 3.93. The molecule has 0 bridgehead atoms. The molecule has 0 aliphatic rings. The van der Waals surface area contributed by atoms with Gasteiger partial charge in [-0.3, -0.25) is 4.79 Å². The second-order valence-corrected chi connectivity index (χ2v) is 8.24. The summed E-state index contributed by atoms with van der Waals surface area (Å²) >= 11 is 7.60. The molecule has 0 spiro atoms. The van der Waals surface area contributed by atoms with Crippen LogP contribution in [0.5, 0.6) is 5.75 Å². The van der Waals surface area contributed by atoms with E-state index in [9.17, 15) is 9.59 Å². The summed E-state index contributed by atoms with van der Waals surface area (Å²) in [5.41, 5.74) is 2.48. The summed E-state index contributed by atoms with van der Waals surface area (Å²) in [6.07, 6.45) is 0. The maximum Gasteiger partial charge on any atom is 0.338 e. The zero-order valence-electron chi connectivity index (χ0n) is 17.9. The minimum atomic E-state index is -0.389. The van der Waals surface area contributed by atoms with Crippen LogP contribution in [0.15, 0.2) is 71.6 Å². The summed E-state index contributed by atoms with van der Waals surface area (Å²) in [4.78, 5) is 25.7. The molecule has 32 heavy (non-hydrogen) atoms. The maximum absolute atomic E-state index is 12.8. The van der Waals surface area contributed by atoms with Gasteiger partial charge in [-0.25, -0.2) is 4.79 Å². The van der Waals surface area contributed by atoms with Crippen molar-refractivity contribution in [1.82, 2.24) is 0 Å². The van der Waals surface area contributed by atoms with Gasteiger partial charge in [-0.1, -0.05) is 11.6 Å². The van der Waals surface area contributed by atoms with Crippen LogP contribution in [0, 0.1) is 0 Å². The number of esters is 1. The summed E-state index contributed by atoms with van der Waals surface area (Å²) in [6, 6.07) is 19.6. The van der Waals surface area contributed by atoms with Crippen LogP contribution < -0.4 is 10.1 Å². The largest absolute Gasteiger partial charge is 0.494 e. The van der Waals surface area contributed by atoms with E-state index in [4.69, 9.17) is 21.1 Å². The molecular formula is C25H24ClNO4S. The minimum Gasteiger partial charge on any atom is -0.494 e. The number of nitrogens with one attached hydrogen (secondary N) is 1. The van der Waals surface area contributed by atoms with Crippen molar-refractivity contribution in [1.29, 1.82) is 0 Å². The average molecular weight is 470 g/mol. The first-order valence-electron chi connectivity index (χ1n) is 10.2. The summed E-state index contributed by atoms with van der Waals surface area (Å²) in [5.74, 6) is 0.769. The van der Waals surface area contributed by atoms with Crippen molar-refractivity contribution in [3.05, 3.63) is 88.4 Å². The van der Waals surface area contributed by atoms with Gasteiger partial charge in [0.15, 0.2) is 0 Å². The number of ether oxygens (including phenoxy) is 2. The Morgan fingerprint density at radius 1 is 0.906 bits per heavy atom. The molecule has 0 saturated carbocycles. The Labute approximate surface area is 197 Å². The molecule has 0 atom stereocenters. The van der Waals surface area contributed by atoms with E-state index < -0.39 is 0 Å². The molecule has 3 aromatic carbocycles. The zero-order valence-corrected chi connectivity index (χ0v) is 19.5. The van der Waals surface area contributed by atoms with Crippen molar-refractivity contribution in [3.63, 3.8) is 0 Å². The Hall–Kier alpha value is -2.96. The molecule has 0 fully saturated rings. The molecular weight excluding hydrogens is 446 g/mol. The molecule has 0 unspecified atom stereocenters. The Bertz CT molecular complexity index is 1070. The van der Waals surface area contributed by atoms with Crippen LogP contribution >= 0.6 is 23.4 Å². The molecule has 0 radical (unpaired) electrons. The van der Waals surface area contributed by atoms with Gasteiger partial charge in [0.2, 0.25) is 0 Å². The first-order chi connectivity index (χ1) is 15.5. The van der Waals surface area contributed by atoms with Gasteiger partial charge >= 0.3 is 5.97 Å². The predicted octanol–water partition coefficient (Wildman–Crippen LogP) is 6.46. The number of anilines is 1. The van der Waals surface area contributed by atoms with Crippen molar-refractivity contribution in [3.8, 4) is 5.75 Å². The highest BCUT2D eigenvalue weighted by Gasteiger charge is 2.13. The van der Waals surface area contributed by atoms with Crippen molar-refractivity contribution in [2.24, 2.45) is 0 Å². The molecule has 0 aromatic heterocycles. The Kier molecular flexibility index (Phi) is 8.59. The lowest BCUT2D eigenvalue weighted by molar-refractivity contribution is 0.0526. The lowest BCUT2D eigenvalue weighted by atomic mass is 10.1. The molecule has 0 aliphatic carbocycles. The standard InChI is InChI=1S/C25H24ClNO4S/c1-3-30-23-14-7-18(15-19(23)16-32-22-12-8-20(26)9-13-22)24(28)27-21-10-5-17(6-11-21)25(29)31-4-2/h5-15H,3-4,16H2,1-2H3,(H,27,28). The van der Waals surface area contributed by atoms with E-state index in [1.54, 1.807) is 49.0 Å². The fraction of sp³-hybridized carbons (Fsp3) is 0.200. The third kappa shape index (κ3) is 6.52. The van der Waals surface area contributed by atoms with E-state index in [0.717, 1.165) is 16.2 Å². The Morgan fingerprint density at radius 2 is 1.59 bits per heavy atom. The van der Waals surface area contributed by atoms with Crippen LogP contribution in [-0.4, -0.2) is 25.1 Å². The third-order valence-electron chi connectivity index (χ3n) is 4.48. The first kappa shape index (κ1) is 23.7. The lowest BCUT2D eigenvalue weighted by Gasteiger charge is -2.13. The number of hydrogen-bond donors (Lipinski definition) is 1. The molecule has 1 N–H and O–H groups in total. The number of hydrogen-bond acceptors (Lipinski definition) is 5. The summed E-state index contributed by atoms with van der Waals surface area (Å²) in [5, 5.41) is 3.55. The highest BCUT2D eigenvalue weighted by Crippen LogP contribution is 2.30. The Balaban J connectivity index is 1.72. The first-order valence-corrected chi connectivity index (χ1v) is 11.6. The quantitative estimate of drug-likeness (QED) is 0.288. The van der Waals surface area contributed by atoms with Gasteiger partial charge in [-0.15, -0.1) is 11.8 Å². The number of carbonyl (C=O) groups excluding carboxylic acids is 2. The van der Waals surface area contributed by atoms with Crippen molar-refractivity contribution >= 4 is 40.9 Å². The fourth-order valence-electron chi connectivity index (χ4n) is 2.93. The summed E-state index contributed by atoms with van der Waals surface area (Å²) in [7, 11) is 0. The summed E-state index contributed by atoms with van der Waals surface area (Å²) in [6.45, 7) is 4.53. The van der Waals surface area contributed by atoms with E-state index in [-0.39, 0.29) is 11.9 Å². The van der Waals surface area contributed by atoms with E-state index in [1.807, 2.05) is 43.3 Å². The normalized spacial score (nSPS) is 10.5. The van der Waals surface area contributed by atoms with E-state index in [2.05, 4.69) is 5.32 Å². The lowest BCUT2D eigenvalue weighted by Crippen LogP contribution is -2.13. The predicted molar refractivity (Wildman–Crippen MR) is 129 cm³/mol. The number of thioether (sulfide) groups is 1. The molecule has 3 rings (SSSR count).